The van der Waals surface area contributed by atoms with Crippen LogP contribution in [0, 0.1) is 11.3 Å². The van der Waals surface area contributed by atoms with Crippen molar-refractivity contribution >= 4 is 44.3 Å². The van der Waals surface area contributed by atoms with Crippen LogP contribution < -0.4 is 4.90 Å². The highest BCUT2D eigenvalue weighted by molar-refractivity contribution is 9.10. The van der Waals surface area contributed by atoms with Gasteiger partial charge in [0.1, 0.15) is 5.58 Å². The van der Waals surface area contributed by atoms with Gasteiger partial charge in [0, 0.05) is 27.9 Å². The fraction of sp³-hybridized carbons (Fsp3) is 0.0400. The first-order valence-electron chi connectivity index (χ1n) is 9.88. The summed E-state index contributed by atoms with van der Waals surface area (Å²) < 4.78 is 6.57. The highest BCUT2D eigenvalue weighted by Gasteiger charge is 2.45. The molecular formula is C25H14BrN3O4. The molecule has 4 aromatic rings. The quantitative estimate of drug-likeness (QED) is 0.384. The summed E-state index contributed by atoms with van der Waals surface area (Å²) >= 11 is 3.39. The summed E-state index contributed by atoms with van der Waals surface area (Å²) in [6, 6.07) is 17.7. The van der Waals surface area contributed by atoms with E-state index in [1.54, 1.807) is 67.0 Å². The molecule has 1 aliphatic heterocycles. The van der Waals surface area contributed by atoms with Crippen molar-refractivity contribution in [2.45, 2.75) is 6.04 Å². The number of aliphatic hydroxyl groups is 1. The van der Waals surface area contributed by atoms with Crippen LogP contribution >= 0.6 is 15.9 Å². The number of fused-ring (bicyclic) bond motifs is 1. The number of amides is 1. The van der Waals surface area contributed by atoms with E-state index in [1.165, 1.54) is 4.90 Å². The van der Waals surface area contributed by atoms with Crippen LogP contribution in [0.3, 0.4) is 0 Å². The van der Waals surface area contributed by atoms with Gasteiger partial charge in [-0.1, -0.05) is 15.9 Å². The van der Waals surface area contributed by atoms with Crippen LogP contribution in [-0.2, 0) is 4.79 Å². The number of ketones is 1. The third-order valence-electron chi connectivity index (χ3n) is 5.45. The van der Waals surface area contributed by atoms with Crippen molar-refractivity contribution in [1.82, 2.24) is 4.98 Å². The third-order valence-corrected chi connectivity index (χ3v) is 5.94. The second-order valence-electron chi connectivity index (χ2n) is 7.40. The predicted octanol–water partition coefficient (Wildman–Crippen LogP) is 5.24. The fourth-order valence-electron chi connectivity index (χ4n) is 3.92. The zero-order chi connectivity index (χ0) is 23.1. The first-order valence-corrected chi connectivity index (χ1v) is 10.7. The van der Waals surface area contributed by atoms with Crippen LogP contribution in [-0.4, -0.2) is 21.8 Å². The minimum atomic E-state index is -0.902. The van der Waals surface area contributed by atoms with Crippen molar-refractivity contribution in [3.63, 3.8) is 0 Å². The topological polar surface area (TPSA) is 107 Å². The van der Waals surface area contributed by atoms with Crippen molar-refractivity contribution in [2.24, 2.45) is 0 Å². The number of Topliss-reactive ketones (excluding diaryl/α,β-unsaturated/α-hetero) is 1. The van der Waals surface area contributed by atoms with Gasteiger partial charge >= 0.3 is 0 Å². The van der Waals surface area contributed by atoms with E-state index in [4.69, 9.17) is 9.68 Å². The van der Waals surface area contributed by atoms with E-state index in [2.05, 4.69) is 20.9 Å². The van der Waals surface area contributed by atoms with Gasteiger partial charge in [-0.15, -0.1) is 0 Å². The lowest BCUT2D eigenvalue weighted by atomic mass is 9.95. The number of hydrogen-bond acceptors (Lipinski definition) is 6. The number of carbonyl (C=O) groups excluding carboxylic acids is 2. The fourth-order valence-corrected chi connectivity index (χ4v) is 4.30. The van der Waals surface area contributed by atoms with E-state index in [1.807, 2.05) is 12.1 Å². The Hall–Kier alpha value is -4.22. The maximum Gasteiger partial charge on any atom is 0.294 e. The van der Waals surface area contributed by atoms with Gasteiger partial charge in [0.25, 0.3) is 5.91 Å². The predicted molar refractivity (Wildman–Crippen MR) is 124 cm³/mol. The molecule has 2 aromatic carbocycles. The van der Waals surface area contributed by atoms with Crippen molar-refractivity contribution in [3.05, 3.63) is 106 Å². The molecule has 1 amide bonds. The number of benzene rings is 2. The highest BCUT2D eigenvalue weighted by Crippen LogP contribution is 2.42. The van der Waals surface area contributed by atoms with Gasteiger partial charge in [-0.25, -0.2) is 0 Å². The number of rotatable bonds is 4. The van der Waals surface area contributed by atoms with Gasteiger partial charge in [-0.3, -0.25) is 19.5 Å². The molecule has 0 saturated heterocycles. The number of hydrogen-bond donors (Lipinski definition) is 1. The molecular weight excluding hydrogens is 486 g/mol. The summed E-state index contributed by atoms with van der Waals surface area (Å²) in [5, 5.41) is 20.6. The van der Waals surface area contributed by atoms with Crippen molar-refractivity contribution < 1.29 is 19.1 Å². The van der Waals surface area contributed by atoms with Crippen LogP contribution in [0.15, 0.2) is 93.3 Å². The van der Waals surface area contributed by atoms with E-state index in [9.17, 15) is 14.7 Å². The molecule has 0 saturated carbocycles. The largest absolute Gasteiger partial charge is 0.503 e. The minimum absolute atomic E-state index is 0.0122. The van der Waals surface area contributed by atoms with Crippen molar-refractivity contribution in [1.29, 1.82) is 5.26 Å². The van der Waals surface area contributed by atoms with Crippen LogP contribution in [0.1, 0.15) is 27.7 Å². The van der Waals surface area contributed by atoms with Crippen LogP contribution in [0.5, 0.6) is 0 Å². The average Bonchev–Trinajstić information content (AvgIpc) is 3.38. The molecule has 1 atom stereocenters. The summed E-state index contributed by atoms with van der Waals surface area (Å²) in [6.07, 6.45) is 3.10. The molecule has 0 fully saturated rings. The van der Waals surface area contributed by atoms with E-state index in [-0.39, 0.29) is 11.3 Å². The Labute approximate surface area is 196 Å². The van der Waals surface area contributed by atoms with Gasteiger partial charge in [0.15, 0.2) is 11.5 Å². The van der Waals surface area contributed by atoms with Gasteiger partial charge in [-0.2, -0.15) is 5.26 Å². The number of aromatic nitrogens is 1. The van der Waals surface area contributed by atoms with E-state index < -0.39 is 23.5 Å². The molecule has 33 heavy (non-hydrogen) atoms. The summed E-state index contributed by atoms with van der Waals surface area (Å²) in [5.74, 6) is -1.94. The third kappa shape index (κ3) is 3.49. The number of pyridine rings is 1. The first kappa shape index (κ1) is 20.7. The van der Waals surface area contributed by atoms with Crippen molar-refractivity contribution in [3.8, 4) is 6.07 Å². The van der Waals surface area contributed by atoms with Gasteiger partial charge in [-0.05, 0) is 66.2 Å². The summed E-state index contributed by atoms with van der Waals surface area (Å²) in [4.78, 5) is 32.1. The molecule has 2 aromatic heterocycles. The summed E-state index contributed by atoms with van der Waals surface area (Å²) in [6.45, 7) is 0. The van der Waals surface area contributed by atoms with E-state index in [0.29, 0.717) is 27.8 Å². The standard InChI is InChI=1S/C25H14BrN3O4/c26-17-3-6-19-16(11-17)12-20(33-19)23(30)21-22(15-7-9-28-10-8-15)29(25(32)24(21)31)18-4-1-14(13-27)2-5-18/h1-12,22,31H. The van der Waals surface area contributed by atoms with Crippen molar-refractivity contribution in [2.75, 3.05) is 4.90 Å². The molecule has 160 valence electrons. The number of halogens is 1. The number of anilines is 1. The molecule has 0 aliphatic carbocycles. The number of furan rings is 1. The van der Waals surface area contributed by atoms with Crippen LogP contribution in [0.25, 0.3) is 11.0 Å². The Morgan fingerprint density at radius 3 is 2.52 bits per heavy atom. The summed E-state index contributed by atoms with van der Waals surface area (Å²) in [7, 11) is 0. The molecule has 0 spiro atoms. The second kappa shape index (κ2) is 8.04. The Bertz CT molecular complexity index is 1480. The Morgan fingerprint density at radius 2 is 1.82 bits per heavy atom. The number of nitriles is 1. The maximum atomic E-state index is 13.6. The molecule has 1 N–H and O–H groups in total. The zero-order valence-corrected chi connectivity index (χ0v) is 18.5. The molecule has 1 unspecified atom stereocenters. The molecule has 5 rings (SSSR count). The average molecular weight is 500 g/mol. The zero-order valence-electron chi connectivity index (χ0n) is 16.9. The van der Waals surface area contributed by atoms with Gasteiger partial charge < -0.3 is 9.52 Å². The molecule has 7 nitrogen and oxygen atoms in total. The molecule has 0 bridgehead atoms. The van der Waals surface area contributed by atoms with E-state index >= 15 is 0 Å². The van der Waals surface area contributed by atoms with Gasteiger partial charge in [0.05, 0.1) is 23.2 Å². The lowest BCUT2D eigenvalue weighted by Gasteiger charge is -2.26. The minimum Gasteiger partial charge on any atom is -0.503 e. The van der Waals surface area contributed by atoms with E-state index in [0.717, 1.165) is 4.47 Å². The highest BCUT2D eigenvalue weighted by atomic mass is 79.9. The Kier molecular flexibility index (Phi) is 5.04. The molecule has 1 aliphatic rings. The van der Waals surface area contributed by atoms with Crippen LogP contribution in [0.4, 0.5) is 5.69 Å². The van der Waals surface area contributed by atoms with Gasteiger partial charge in [0.2, 0.25) is 5.78 Å². The Balaban J connectivity index is 1.64. The number of nitrogens with zero attached hydrogens (tertiary/aromatic N) is 3. The molecule has 0 radical (unpaired) electrons. The number of carbonyl (C=O) groups is 2. The maximum absolute atomic E-state index is 13.6. The normalized spacial score (nSPS) is 15.8. The monoisotopic (exact) mass is 499 g/mol. The summed E-state index contributed by atoms with van der Waals surface area (Å²) in [5.41, 5.74) is 1.87. The SMILES string of the molecule is N#Cc1ccc(N2C(=O)C(O)=C(C(=O)c3cc4cc(Br)ccc4o3)C2c2ccncc2)cc1. The molecule has 8 heteroatoms. The number of aliphatic hydroxyl groups excluding tert-OH is 1. The second-order valence-corrected chi connectivity index (χ2v) is 8.32. The van der Waals surface area contributed by atoms with Crippen LogP contribution in [0.2, 0.25) is 0 Å². The lowest BCUT2D eigenvalue weighted by Crippen LogP contribution is -2.31. The Morgan fingerprint density at radius 1 is 1.09 bits per heavy atom. The first-order chi connectivity index (χ1) is 16.0. The smallest absolute Gasteiger partial charge is 0.294 e. The lowest BCUT2D eigenvalue weighted by molar-refractivity contribution is -0.117. The molecule has 3 heterocycles.